The largest absolute Gasteiger partial charge is 0.354 e. The van der Waals surface area contributed by atoms with E-state index < -0.39 is 33.8 Å². The molecule has 8 nitrogen and oxygen atoms in total. The van der Waals surface area contributed by atoms with Crippen LogP contribution in [0.3, 0.4) is 0 Å². The van der Waals surface area contributed by atoms with Gasteiger partial charge in [0.05, 0.1) is 16.0 Å². The molecule has 3 rings (SSSR count). The minimum absolute atomic E-state index is 0.0166. The van der Waals surface area contributed by atoms with Crippen LogP contribution in [0.5, 0.6) is 0 Å². The van der Waals surface area contributed by atoms with Gasteiger partial charge in [-0.25, -0.2) is 13.6 Å². The smallest absolute Gasteiger partial charge is 0.262 e. The summed E-state index contributed by atoms with van der Waals surface area (Å²) in [6.07, 6.45) is 0.799. The summed E-state index contributed by atoms with van der Waals surface area (Å²) in [6.45, 7) is 4.11. The Morgan fingerprint density at radius 2 is 1.55 bits per heavy atom. The molecule has 3 amide bonds. The Morgan fingerprint density at radius 3 is 2.03 bits per heavy atom. The maximum atomic E-state index is 12.9. The van der Waals surface area contributed by atoms with E-state index in [4.69, 9.17) is 5.14 Å². The summed E-state index contributed by atoms with van der Waals surface area (Å²) in [4.78, 5) is 39.6. The van der Waals surface area contributed by atoms with E-state index >= 15 is 0 Å². The van der Waals surface area contributed by atoms with Crippen LogP contribution in [-0.2, 0) is 21.2 Å². The molecule has 3 N–H and O–H groups in total. The molecule has 0 saturated heterocycles. The highest BCUT2D eigenvalue weighted by Gasteiger charge is 2.42. The van der Waals surface area contributed by atoms with Gasteiger partial charge in [-0.1, -0.05) is 38.1 Å². The van der Waals surface area contributed by atoms with Crippen molar-refractivity contribution in [1.29, 1.82) is 0 Å². The summed E-state index contributed by atoms with van der Waals surface area (Å²) in [7, 11) is -3.76. The van der Waals surface area contributed by atoms with Crippen molar-refractivity contribution in [3.05, 3.63) is 65.2 Å². The molecular weight excluding hydrogens is 418 g/mol. The van der Waals surface area contributed by atoms with Crippen molar-refractivity contribution in [2.75, 3.05) is 6.54 Å². The van der Waals surface area contributed by atoms with E-state index in [1.165, 1.54) is 12.1 Å². The number of carbonyl (C=O) groups is 3. The molecule has 0 bridgehead atoms. The van der Waals surface area contributed by atoms with Crippen molar-refractivity contribution in [2.45, 2.75) is 37.6 Å². The third-order valence-electron chi connectivity index (χ3n) is 5.10. The van der Waals surface area contributed by atoms with Crippen LogP contribution in [0.25, 0.3) is 0 Å². The van der Waals surface area contributed by atoms with Crippen LogP contribution >= 0.6 is 0 Å². The number of rotatable bonds is 8. The number of sulfonamides is 1. The predicted molar refractivity (Wildman–Crippen MR) is 115 cm³/mol. The maximum absolute atomic E-state index is 12.9. The first-order valence-electron chi connectivity index (χ1n) is 9.96. The predicted octanol–water partition coefficient (Wildman–Crippen LogP) is 1.70. The van der Waals surface area contributed by atoms with Crippen molar-refractivity contribution in [3.63, 3.8) is 0 Å². The summed E-state index contributed by atoms with van der Waals surface area (Å²) in [5, 5.41) is 7.89. The molecule has 164 valence electrons. The fourth-order valence-corrected chi connectivity index (χ4v) is 4.08. The molecule has 0 aromatic heterocycles. The fourth-order valence-electron chi connectivity index (χ4n) is 3.56. The van der Waals surface area contributed by atoms with Gasteiger partial charge in [0.2, 0.25) is 15.9 Å². The van der Waals surface area contributed by atoms with Gasteiger partial charge in [0, 0.05) is 6.54 Å². The fraction of sp³-hybridized carbons (Fsp3) is 0.318. The molecule has 0 radical (unpaired) electrons. The van der Waals surface area contributed by atoms with Crippen molar-refractivity contribution in [3.8, 4) is 0 Å². The molecule has 2 aromatic rings. The van der Waals surface area contributed by atoms with Gasteiger partial charge < -0.3 is 5.32 Å². The van der Waals surface area contributed by atoms with Crippen LogP contribution in [0.15, 0.2) is 53.4 Å². The molecule has 0 spiro atoms. The Hall–Kier alpha value is -3.04. The van der Waals surface area contributed by atoms with E-state index in [2.05, 4.69) is 5.32 Å². The van der Waals surface area contributed by atoms with Crippen LogP contribution in [0.2, 0.25) is 0 Å². The van der Waals surface area contributed by atoms with Gasteiger partial charge in [-0.2, -0.15) is 0 Å². The van der Waals surface area contributed by atoms with Gasteiger partial charge in [0.15, 0.2) is 0 Å². The first-order valence-corrected chi connectivity index (χ1v) is 11.5. The number of hydrogen-bond acceptors (Lipinski definition) is 5. The SMILES string of the molecule is CC(C)CC(C(=O)NCCc1ccc(S(N)(=O)=O)cc1)N1C(=O)c2ccccc2C1=O. The van der Waals surface area contributed by atoms with Crippen molar-refractivity contribution >= 4 is 27.7 Å². The monoisotopic (exact) mass is 443 g/mol. The first-order chi connectivity index (χ1) is 14.6. The van der Waals surface area contributed by atoms with E-state index in [9.17, 15) is 22.8 Å². The molecular formula is C22H25N3O5S. The molecule has 1 atom stereocenters. The van der Waals surface area contributed by atoms with Crippen LogP contribution in [0, 0.1) is 5.92 Å². The minimum Gasteiger partial charge on any atom is -0.354 e. The zero-order valence-electron chi connectivity index (χ0n) is 17.4. The zero-order chi connectivity index (χ0) is 22.8. The third-order valence-corrected chi connectivity index (χ3v) is 6.03. The lowest BCUT2D eigenvalue weighted by Gasteiger charge is -2.26. The molecule has 1 aliphatic heterocycles. The average molecular weight is 444 g/mol. The number of primary sulfonamides is 1. The van der Waals surface area contributed by atoms with Crippen LogP contribution < -0.4 is 10.5 Å². The van der Waals surface area contributed by atoms with E-state index in [1.54, 1.807) is 36.4 Å². The van der Waals surface area contributed by atoms with Gasteiger partial charge >= 0.3 is 0 Å². The Labute approximate surface area is 181 Å². The number of fused-ring (bicyclic) bond motifs is 1. The average Bonchev–Trinajstić information content (AvgIpc) is 2.96. The number of nitrogens with zero attached hydrogens (tertiary/aromatic N) is 1. The Morgan fingerprint density at radius 1 is 1.00 bits per heavy atom. The van der Waals surface area contributed by atoms with Gasteiger partial charge in [0.1, 0.15) is 6.04 Å². The molecule has 0 fully saturated rings. The lowest BCUT2D eigenvalue weighted by molar-refractivity contribution is -0.125. The van der Waals surface area contributed by atoms with Crippen molar-refractivity contribution in [2.24, 2.45) is 11.1 Å². The number of nitrogens with one attached hydrogen (secondary N) is 1. The second kappa shape index (κ2) is 8.99. The standard InChI is InChI=1S/C22H25N3O5S/c1-14(2)13-19(25-21(27)17-5-3-4-6-18(17)22(25)28)20(26)24-12-11-15-7-9-16(10-8-15)31(23,29)30/h3-10,14,19H,11-13H2,1-2H3,(H,24,26)(H2,23,29,30). The van der Waals surface area contributed by atoms with E-state index in [0.717, 1.165) is 10.5 Å². The molecule has 1 heterocycles. The summed E-state index contributed by atoms with van der Waals surface area (Å²) in [6, 6.07) is 11.7. The van der Waals surface area contributed by atoms with Crippen molar-refractivity contribution < 1.29 is 22.8 Å². The van der Waals surface area contributed by atoms with Crippen molar-refractivity contribution in [1.82, 2.24) is 10.2 Å². The number of nitrogens with two attached hydrogens (primary N) is 1. The van der Waals surface area contributed by atoms with Crippen LogP contribution in [0.1, 0.15) is 46.5 Å². The topological polar surface area (TPSA) is 127 Å². The second-order valence-electron chi connectivity index (χ2n) is 7.90. The Balaban J connectivity index is 1.69. The van der Waals surface area contributed by atoms with Gasteiger partial charge in [0.25, 0.3) is 11.8 Å². The van der Waals surface area contributed by atoms with Crippen LogP contribution in [-0.4, -0.2) is 43.6 Å². The summed E-state index contributed by atoms with van der Waals surface area (Å²) >= 11 is 0. The Kier molecular flexibility index (Phi) is 6.56. The maximum Gasteiger partial charge on any atom is 0.262 e. The quantitative estimate of drug-likeness (QED) is 0.601. The molecule has 0 aliphatic carbocycles. The number of carbonyl (C=O) groups excluding carboxylic acids is 3. The summed E-state index contributed by atoms with van der Waals surface area (Å²) in [5.41, 5.74) is 1.43. The highest BCUT2D eigenvalue weighted by Crippen LogP contribution is 2.27. The molecule has 0 saturated carbocycles. The number of hydrogen-bond donors (Lipinski definition) is 2. The van der Waals surface area contributed by atoms with Gasteiger partial charge in [-0.3, -0.25) is 19.3 Å². The van der Waals surface area contributed by atoms with E-state index in [-0.39, 0.29) is 17.4 Å². The first kappa shape index (κ1) is 22.6. The second-order valence-corrected chi connectivity index (χ2v) is 9.46. The lowest BCUT2D eigenvalue weighted by atomic mass is 10.0. The Bertz CT molecular complexity index is 1080. The summed E-state index contributed by atoms with van der Waals surface area (Å²) < 4.78 is 22.7. The minimum atomic E-state index is -3.76. The van der Waals surface area contributed by atoms with E-state index in [1.807, 2.05) is 13.8 Å². The normalized spacial score (nSPS) is 14.6. The molecule has 31 heavy (non-hydrogen) atoms. The zero-order valence-corrected chi connectivity index (χ0v) is 18.2. The number of amides is 3. The summed E-state index contributed by atoms with van der Waals surface area (Å²) in [5.74, 6) is -1.23. The molecule has 1 aliphatic rings. The lowest BCUT2D eigenvalue weighted by Crippen LogP contribution is -2.50. The van der Waals surface area contributed by atoms with Gasteiger partial charge in [-0.05, 0) is 48.6 Å². The molecule has 2 aromatic carbocycles. The van der Waals surface area contributed by atoms with Crippen LogP contribution in [0.4, 0.5) is 0 Å². The molecule has 9 heteroatoms. The number of imide groups is 1. The highest BCUT2D eigenvalue weighted by atomic mass is 32.2. The van der Waals surface area contributed by atoms with E-state index in [0.29, 0.717) is 24.0 Å². The third kappa shape index (κ3) is 5.00. The number of benzene rings is 2. The van der Waals surface area contributed by atoms with Gasteiger partial charge in [-0.15, -0.1) is 0 Å². The highest BCUT2D eigenvalue weighted by molar-refractivity contribution is 7.89. The molecule has 1 unspecified atom stereocenters.